The lowest BCUT2D eigenvalue weighted by atomic mass is 10.2. The molecule has 0 saturated heterocycles. The van der Waals surface area contributed by atoms with E-state index in [1.807, 2.05) is 54.3 Å². The lowest BCUT2D eigenvalue weighted by molar-refractivity contribution is -0.129. The van der Waals surface area contributed by atoms with Gasteiger partial charge in [0.1, 0.15) is 0 Å². The second kappa shape index (κ2) is 7.83. The van der Waals surface area contributed by atoms with E-state index in [2.05, 4.69) is 10.6 Å². The van der Waals surface area contributed by atoms with Gasteiger partial charge in [0.25, 0.3) is 5.91 Å². The zero-order chi connectivity index (χ0) is 17.6. The Kier molecular flexibility index (Phi) is 5.33. The first kappa shape index (κ1) is 17.0. The smallest absolute Gasteiger partial charge is 0.255 e. The summed E-state index contributed by atoms with van der Waals surface area (Å²) < 4.78 is 0. The summed E-state index contributed by atoms with van der Waals surface area (Å²) in [6.45, 7) is 2.96. The Morgan fingerprint density at radius 1 is 1.00 bits per heavy atom. The number of rotatable bonds is 7. The van der Waals surface area contributed by atoms with Crippen LogP contribution in [0.25, 0.3) is 0 Å². The second-order valence-electron chi connectivity index (χ2n) is 6.13. The Labute approximate surface area is 148 Å². The molecule has 2 N–H and O–H groups in total. The van der Waals surface area contributed by atoms with Crippen LogP contribution >= 0.6 is 0 Å². The molecule has 1 aliphatic rings. The number of carbonyl (C=O) groups excluding carboxylic acids is 2. The van der Waals surface area contributed by atoms with Gasteiger partial charge in [0, 0.05) is 18.2 Å². The van der Waals surface area contributed by atoms with Gasteiger partial charge >= 0.3 is 0 Å². The number of para-hydroxylation sites is 2. The van der Waals surface area contributed by atoms with Gasteiger partial charge < -0.3 is 15.5 Å². The Hall–Kier alpha value is -2.82. The molecule has 0 aliphatic heterocycles. The van der Waals surface area contributed by atoms with Crippen LogP contribution in [0.1, 0.15) is 30.1 Å². The zero-order valence-electron chi connectivity index (χ0n) is 14.4. The lowest BCUT2D eigenvalue weighted by Gasteiger charge is -2.21. The summed E-state index contributed by atoms with van der Waals surface area (Å²) >= 11 is 0. The van der Waals surface area contributed by atoms with Crippen LogP contribution in [0.3, 0.4) is 0 Å². The van der Waals surface area contributed by atoms with Crippen molar-refractivity contribution in [3.63, 3.8) is 0 Å². The van der Waals surface area contributed by atoms with Crippen molar-refractivity contribution in [1.29, 1.82) is 0 Å². The topological polar surface area (TPSA) is 61.4 Å². The van der Waals surface area contributed by atoms with E-state index >= 15 is 0 Å². The van der Waals surface area contributed by atoms with E-state index in [-0.39, 0.29) is 18.4 Å². The van der Waals surface area contributed by atoms with Crippen molar-refractivity contribution < 1.29 is 9.59 Å². The fourth-order valence-electron chi connectivity index (χ4n) is 2.83. The largest absolute Gasteiger partial charge is 0.374 e. The van der Waals surface area contributed by atoms with E-state index in [9.17, 15) is 9.59 Å². The number of hydrogen-bond donors (Lipinski definition) is 2. The average Bonchev–Trinajstić information content (AvgIpc) is 3.47. The van der Waals surface area contributed by atoms with Crippen molar-refractivity contribution in [2.24, 2.45) is 0 Å². The maximum Gasteiger partial charge on any atom is 0.255 e. The highest BCUT2D eigenvalue weighted by Gasteiger charge is 2.30. The van der Waals surface area contributed by atoms with Crippen molar-refractivity contribution in [2.75, 3.05) is 23.7 Å². The van der Waals surface area contributed by atoms with Gasteiger partial charge in [-0.3, -0.25) is 9.59 Å². The summed E-state index contributed by atoms with van der Waals surface area (Å²) in [5.41, 5.74) is 2.00. The highest BCUT2D eigenvalue weighted by molar-refractivity contribution is 6.06. The SMILES string of the molecule is CCN(C(=O)CNc1ccccc1NC(=O)c1ccccc1)C1CC1. The molecular weight excluding hydrogens is 314 g/mol. The molecule has 3 rings (SSSR count). The highest BCUT2D eigenvalue weighted by Crippen LogP contribution is 2.27. The fraction of sp³-hybridized carbons (Fsp3) is 0.300. The van der Waals surface area contributed by atoms with Crippen LogP contribution in [-0.2, 0) is 4.79 Å². The number of benzene rings is 2. The molecule has 0 aromatic heterocycles. The number of carbonyl (C=O) groups is 2. The van der Waals surface area contributed by atoms with Gasteiger partial charge in [0.2, 0.25) is 5.91 Å². The van der Waals surface area contributed by atoms with Gasteiger partial charge in [0.05, 0.1) is 17.9 Å². The number of hydrogen-bond acceptors (Lipinski definition) is 3. The maximum atomic E-state index is 12.4. The first-order valence-electron chi connectivity index (χ1n) is 8.68. The fourth-order valence-corrected chi connectivity index (χ4v) is 2.83. The summed E-state index contributed by atoms with van der Waals surface area (Å²) in [4.78, 5) is 26.6. The summed E-state index contributed by atoms with van der Waals surface area (Å²) in [6.07, 6.45) is 2.20. The number of amides is 2. The minimum atomic E-state index is -0.172. The summed E-state index contributed by atoms with van der Waals surface area (Å²) in [6, 6.07) is 16.9. The second-order valence-corrected chi connectivity index (χ2v) is 6.13. The van der Waals surface area contributed by atoms with Crippen molar-refractivity contribution >= 4 is 23.2 Å². The normalized spacial score (nSPS) is 13.2. The van der Waals surface area contributed by atoms with Crippen LogP contribution in [0.5, 0.6) is 0 Å². The molecule has 0 radical (unpaired) electrons. The maximum absolute atomic E-state index is 12.4. The van der Waals surface area contributed by atoms with Crippen LogP contribution in [0.4, 0.5) is 11.4 Å². The van der Waals surface area contributed by atoms with E-state index < -0.39 is 0 Å². The van der Waals surface area contributed by atoms with Gasteiger partial charge in [-0.05, 0) is 44.0 Å². The number of nitrogens with zero attached hydrogens (tertiary/aromatic N) is 1. The summed E-state index contributed by atoms with van der Waals surface area (Å²) in [5, 5.41) is 6.06. The van der Waals surface area contributed by atoms with E-state index in [1.54, 1.807) is 12.1 Å². The van der Waals surface area contributed by atoms with Crippen molar-refractivity contribution in [3.8, 4) is 0 Å². The Morgan fingerprint density at radius 2 is 1.64 bits per heavy atom. The molecule has 1 saturated carbocycles. The van der Waals surface area contributed by atoms with Crippen LogP contribution in [0, 0.1) is 0 Å². The predicted octanol–water partition coefficient (Wildman–Crippen LogP) is 3.36. The van der Waals surface area contributed by atoms with Crippen LogP contribution in [-0.4, -0.2) is 35.8 Å². The van der Waals surface area contributed by atoms with Crippen LogP contribution in [0.15, 0.2) is 54.6 Å². The minimum Gasteiger partial charge on any atom is -0.374 e. The molecule has 0 bridgehead atoms. The van der Waals surface area contributed by atoms with Gasteiger partial charge in [-0.2, -0.15) is 0 Å². The first-order chi connectivity index (χ1) is 12.2. The van der Waals surface area contributed by atoms with E-state index in [4.69, 9.17) is 0 Å². The Bertz CT molecular complexity index is 742. The molecule has 1 fully saturated rings. The molecule has 25 heavy (non-hydrogen) atoms. The molecule has 0 atom stereocenters. The van der Waals surface area contributed by atoms with Crippen molar-refractivity contribution in [1.82, 2.24) is 4.90 Å². The third-order valence-corrected chi connectivity index (χ3v) is 4.29. The van der Waals surface area contributed by atoms with E-state index in [0.717, 1.165) is 25.1 Å². The first-order valence-corrected chi connectivity index (χ1v) is 8.68. The zero-order valence-corrected chi connectivity index (χ0v) is 14.4. The van der Waals surface area contributed by atoms with Crippen LogP contribution in [0.2, 0.25) is 0 Å². The molecule has 5 heteroatoms. The molecule has 0 heterocycles. The third kappa shape index (κ3) is 4.38. The molecule has 2 amide bonds. The van der Waals surface area contributed by atoms with Gasteiger partial charge in [-0.25, -0.2) is 0 Å². The van der Waals surface area contributed by atoms with Crippen LogP contribution < -0.4 is 10.6 Å². The van der Waals surface area contributed by atoms with E-state index in [0.29, 0.717) is 17.3 Å². The Balaban J connectivity index is 1.64. The average molecular weight is 337 g/mol. The monoisotopic (exact) mass is 337 g/mol. The van der Waals surface area contributed by atoms with Gasteiger partial charge in [-0.15, -0.1) is 0 Å². The van der Waals surface area contributed by atoms with Gasteiger partial charge in [-0.1, -0.05) is 30.3 Å². The van der Waals surface area contributed by atoms with E-state index in [1.165, 1.54) is 0 Å². The number of likely N-dealkylation sites (N-methyl/N-ethyl adjacent to an activating group) is 1. The van der Waals surface area contributed by atoms with Gasteiger partial charge in [0.15, 0.2) is 0 Å². The summed E-state index contributed by atoms with van der Waals surface area (Å²) in [7, 11) is 0. The molecule has 0 spiro atoms. The molecule has 2 aromatic carbocycles. The molecule has 0 unspecified atom stereocenters. The van der Waals surface area contributed by atoms with Crippen molar-refractivity contribution in [2.45, 2.75) is 25.8 Å². The molecule has 2 aromatic rings. The quantitative estimate of drug-likeness (QED) is 0.814. The standard InChI is InChI=1S/C20H23N3O2/c1-2-23(16-12-13-16)19(24)14-21-17-10-6-7-11-18(17)22-20(25)15-8-4-3-5-9-15/h3-11,16,21H,2,12-14H2,1H3,(H,22,25). The van der Waals surface area contributed by atoms with Crippen molar-refractivity contribution in [3.05, 3.63) is 60.2 Å². The molecular formula is C20H23N3O2. The molecule has 1 aliphatic carbocycles. The Morgan fingerprint density at radius 3 is 2.28 bits per heavy atom. The number of nitrogens with one attached hydrogen (secondary N) is 2. The number of anilines is 2. The molecule has 5 nitrogen and oxygen atoms in total. The predicted molar refractivity (Wildman–Crippen MR) is 99.7 cm³/mol. The minimum absolute atomic E-state index is 0.0918. The molecule has 130 valence electrons. The highest BCUT2D eigenvalue weighted by atomic mass is 16.2. The lowest BCUT2D eigenvalue weighted by Crippen LogP contribution is -2.37. The summed E-state index contributed by atoms with van der Waals surface area (Å²) in [5.74, 6) is -0.0801. The third-order valence-electron chi connectivity index (χ3n) is 4.29.